The molecule has 1 atom stereocenters. The van der Waals surface area contributed by atoms with Crippen LogP contribution in [0.25, 0.3) is 0 Å². The first kappa shape index (κ1) is 16.4. The van der Waals surface area contributed by atoms with E-state index in [0.29, 0.717) is 4.90 Å². The van der Waals surface area contributed by atoms with Crippen LogP contribution in [0, 0.1) is 5.92 Å². The van der Waals surface area contributed by atoms with Gasteiger partial charge >= 0.3 is 11.9 Å². The van der Waals surface area contributed by atoms with E-state index in [4.69, 9.17) is 0 Å². The summed E-state index contributed by atoms with van der Waals surface area (Å²) in [6, 6.07) is 8.65. The van der Waals surface area contributed by atoms with Crippen molar-refractivity contribution in [3.63, 3.8) is 0 Å². The second-order valence-corrected chi connectivity index (χ2v) is 6.73. The summed E-state index contributed by atoms with van der Waals surface area (Å²) in [7, 11) is 0.791. The minimum atomic E-state index is -1.57. The van der Waals surface area contributed by atoms with Crippen molar-refractivity contribution in [3.05, 3.63) is 30.3 Å². The molecule has 5 nitrogen and oxygen atoms in total. The number of esters is 2. The molecule has 0 aliphatic rings. The predicted octanol–water partition coefficient (Wildman–Crippen LogP) is 1.53. The van der Waals surface area contributed by atoms with E-state index in [1.807, 2.05) is 0 Å². The molecule has 0 saturated carbocycles. The molecule has 0 N–H and O–H groups in total. The van der Waals surface area contributed by atoms with Gasteiger partial charge in [-0.15, -0.1) is 0 Å². The van der Waals surface area contributed by atoms with Gasteiger partial charge in [-0.1, -0.05) is 18.2 Å². The lowest BCUT2D eigenvalue weighted by Gasteiger charge is -2.29. The normalized spacial score (nSPS) is 12.8. The average molecular weight is 298 g/mol. The topological polar surface area (TPSA) is 69.7 Å². The molecule has 1 aromatic carbocycles. The molecule has 1 unspecified atom stereocenters. The van der Waals surface area contributed by atoms with Crippen LogP contribution in [-0.4, -0.2) is 35.1 Å². The van der Waals surface area contributed by atoms with E-state index in [9.17, 15) is 13.8 Å². The molecule has 0 saturated heterocycles. The highest BCUT2D eigenvalue weighted by molar-refractivity contribution is 7.86. The van der Waals surface area contributed by atoms with Crippen LogP contribution >= 0.6 is 0 Å². The van der Waals surface area contributed by atoms with Crippen LogP contribution in [0.2, 0.25) is 0 Å². The Kier molecular flexibility index (Phi) is 5.44. The minimum Gasteiger partial charge on any atom is -0.468 e. The maximum atomic E-state index is 12.6. The maximum Gasteiger partial charge on any atom is 0.321 e. The van der Waals surface area contributed by atoms with Crippen LogP contribution in [-0.2, 0) is 29.9 Å². The Bertz CT molecular complexity index is 494. The van der Waals surface area contributed by atoms with Gasteiger partial charge in [0.05, 0.1) is 29.8 Å². The van der Waals surface area contributed by atoms with E-state index >= 15 is 0 Å². The van der Waals surface area contributed by atoms with Crippen molar-refractivity contribution in [1.29, 1.82) is 0 Å². The lowest BCUT2D eigenvalue weighted by Crippen LogP contribution is -2.46. The number of hydrogen-bond donors (Lipinski definition) is 0. The first-order chi connectivity index (χ1) is 9.36. The predicted molar refractivity (Wildman–Crippen MR) is 74.5 cm³/mol. The Hall–Kier alpha value is -1.69. The van der Waals surface area contributed by atoms with Crippen LogP contribution in [0.3, 0.4) is 0 Å². The summed E-state index contributed by atoms with van der Waals surface area (Å²) in [5.74, 6) is -2.77. The van der Waals surface area contributed by atoms with E-state index in [0.717, 1.165) is 0 Å². The third-order valence-corrected chi connectivity index (χ3v) is 4.90. The van der Waals surface area contributed by atoms with Crippen molar-refractivity contribution >= 4 is 22.7 Å². The summed E-state index contributed by atoms with van der Waals surface area (Å²) in [6.07, 6.45) is 0. The number of benzene rings is 1. The zero-order chi connectivity index (χ0) is 15.3. The van der Waals surface area contributed by atoms with Crippen molar-refractivity contribution in [1.82, 2.24) is 0 Å². The number of methoxy groups -OCH3 is 2. The van der Waals surface area contributed by atoms with E-state index in [1.165, 1.54) is 14.2 Å². The largest absolute Gasteiger partial charge is 0.468 e. The van der Waals surface area contributed by atoms with E-state index in [2.05, 4.69) is 9.47 Å². The summed E-state index contributed by atoms with van der Waals surface area (Å²) >= 11 is 0. The van der Waals surface area contributed by atoms with Gasteiger partial charge in [0.15, 0.2) is 5.92 Å². The molecule has 0 bridgehead atoms. The monoisotopic (exact) mass is 298 g/mol. The van der Waals surface area contributed by atoms with Gasteiger partial charge in [-0.3, -0.25) is 13.8 Å². The fraction of sp³-hybridized carbons (Fsp3) is 0.429. The Morgan fingerprint density at radius 2 is 1.50 bits per heavy atom. The van der Waals surface area contributed by atoms with Crippen molar-refractivity contribution in [3.8, 4) is 0 Å². The van der Waals surface area contributed by atoms with Gasteiger partial charge in [0.25, 0.3) is 0 Å². The van der Waals surface area contributed by atoms with E-state index in [1.54, 1.807) is 44.2 Å². The molecule has 0 spiro atoms. The van der Waals surface area contributed by atoms with Crippen molar-refractivity contribution in [2.24, 2.45) is 5.92 Å². The van der Waals surface area contributed by atoms with Crippen LogP contribution in [0.15, 0.2) is 35.2 Å². The molecule has 6 heteroatoms. The highest BCUT2D eigenvalue weighted by Gasteiger charge is 2.47. The Balaban J connectivity index is 3.19. The van der Waals surface area contributed by atoms with Crippen LogP contribution in [0.1, 0.15) is 13.8 Å². The highest BCUT2D eigenvalue weighted by Crippen LogP contribution is 2.30. The molecule has 0 amide bonds. The molecule has 0 fully saturated rings. The van der Waals surface area contributed by atoms with Crippen LogP contribution < -0.4 is 0 Å². The Morgan fingerprint density at radius 3 is 1.90 bits per heavy atom. The molecule has 0 aromatic heterocycles. The summed E-state index contributed by atoms with van der Waals surface area (Å²) in [5, 5.41) is 0. The summed E-state index contributed by atoms with van der Waals surface area (Å²) < 4.78 is 20.8. The Morgan fingerprint density at radius 1 is 1.05 bits per heavy atom. The lowest BCUT2D eigenvalue weighted by atomic mass is 9.95. The highest BCUT2D eigenvalue weighted by atomic mass is 32.2. The molecular weight excluding hydrogens is 280 g/mol. The van der Waals surface area contributed by atoms with Gasteiger partial charge in [-0.25, -0.2) is 0 Å². The zero-order valence-corrected chi connectivity index (χ0v) is 12.7. The van der Waals surface area contributed by atoms with Gasteiger partial charge < -0.3 is 9.47 Å². The molecule has 110 valence electrons. The van der Waals surface area contributed by atoms with E-state index < -0.39 is 33.4 Å². The number of carbonyl (C=O) groups is 2. The molecule has 20 heavy (non-hydrogen) atoms. The van der Waals surface area contributed by atoms with Gasteiger partial charge in [0.2, 0.25) is 0 Å². The fourth-order valence-corrected chi connectivity index (χ4v) is 3.27. The number of ether oxygens (including phenoxy) is 2. The molecule has 0 aliphatic carbocycles. The van der Waals surface area contributed by atoms with Gasteiger partial charge in [0.1, 0.15) is 0 Å². The fourth-order valence-electron chi connectivity index (χ4n) is 1.85. The number of carbonyl (C=O) groups excluding carboxylic acids is 2. The van der Waals surface area contributed by atoms with Gasteiger partial charge in [-0.2, -0.15) is 0 Å². The summed E-state index contributed by atoms with van der Waals surface area (Å²) in [4.78, 5) is 24.2. The third-order valence-electron chi connectivity index (χ3n) is 3.00. The first-order valence-electron chi connectivity index (χ1n) is 5.98. The molecule has 1 rings (SSSR count). The van der Waals surface area contributed by atoms with Crippen molar-refractivity contribution in [2.75, 3.05) is 14.2 Å². The quantitative estimate of drug-likeness (QED) is 0.609. The van der Waals surface area contributed by atoms with E-state index in [-0.39, 0.29) is 0 Å². The summed E-state index contributed by atoms with van der Waals surface area (Å²) in [5.41, 5.74) is 0. The van der Waals surface area contributed by atoms with Gasteiger partial charge in [-0.05, 0) is 26.0 Å². The average Bonchev–Trinajstić information content (AvgIpc) is 2.46. The first-order valence-corrected chi connectivity index (χ1v) is 7.13. The van der Waals surface area contributed by atoms with Crippen LogP contribution in [0.5, 0.6) is 0 Å². The molecule has 1 aromatic rings. The SMILES string of the molecule is COC(=O)C(C(=O)OC)C(C)(C)S(=O)c1ccccc1. The third kappa shape index (κ3) is 3.25. The standard InChI is InChI=1S/C14H18O5S/c1-14(2,11(12(15)18-3)13(16)19-4)20(17)10-8-6-5-7-9-10/h5-9,11H,1-4H3. The molecule has 0 aliphatic heterocycles. The van der Waals surface area contributed by atoms with Gasteiger partial charge in [0, 0.05) is 4.90 Å². The molecule has 0 heterocycles. The maximum absolute atomic E-state index is 12.6. The minimum absolute atomic E-state index is 0.537. The summed E-state index contributed by atoms with van der Waals surface area (Å²) in [6.45, 7) is 3.16. The molecule has 0 radical (unpaired) electrons. The second-order valence-electron chi connectivity index (χ2n) is 4.66. The zero-order valence-electron chi connectivity index (χ0n) is 11.9. The Labute approximate surface area is 120 Å². The van der Waals surface area contributed by atoms with Crippen molar-refractivity contribution in [2.45, 2.75) is 23.5 Å². The smallest absolute Gasteiger partial charge is 0.321 e. The number of rotatable bonds is 5. The lowest BCUT2D eigenvalue weighted by molar-refractivity contribution is -0.160. The van der Waals surface area contributed by atoms with Crippen molar-refractivity contribution < 1.29 is 23.3 Å². The number of hydrogen-bond acceptors (Lipinski definition) is 5. The second kappa shape index (κ2) is 6.65. The molecular formula is C14H18O5S. The van der Waals surface area contributed by atoms with Crippen LogP contribution in [0.4, 0.5) is 0 Å².